The Balaban J connectivity index is 2.05. The van der Waals surface area contributed by atoms with E-state index >= 15 is 0 Å². The molecule has 0 aromatic heterocycles. The van der Waals surface area contributed by atoms with Gasteiger partial charge < -0.3 is 10.6 Å². The van der Waals surface area contributed by atoms with E-state index in [4.69, 9.17) is 5.73 Å². The molecule has 2 heteroatoms. The van der Waals surface area contributed by atoms with Crippen molar-refractivity contribution < 1.29 is 0 Å². The average Bonchev–Trinajstić information content (AvgIpc) is 2.37. The highest BCUT2D eigenvalue weighted by Crippen LogP contribution is 2.41. The van der Waals surface area contributed by atoms with Crippen LogP contribution >= 0.6 is 0 Å². The molecule has 2 N–H and O–H groups in total. The van der Waals surface area contributed by atoms with Crippen molar-refractivity contribution in [2.24, 2.45) is 11.7 Å². The van der Waals surface area contributed by atoms with Gasteiger partial charge in [0.15, 0.2) is 0 Å². The van der Waals surface area contributed by atoms with Gasteiger partial charge in [0.25, 0.3) is 0 Å². The highest BCUT2D eigenvalue weighted by molar-refractivity contribution is 5.86. The van der Waals surface area contributed by atoms with Crippen LogP contribution in [0.2, 0.25) is 0 Å². The van der Waals surface area contributed by atoms with Gasteiger partial charge in [-0.1, -0.05) is 42.5 Å². The Morgan fingerprint density at radius 3 is 2.42 bits per heavy atom. The molecule has 3 rings (SSSR count). The van der Waals surface area contributed by atoms with E-state index in [1.54, 1.807) is 0 Å². The number of benzene rings is 2. The van der Waals surface area contributed by atoms with Crippen LogP contribution in [0.25, 0.3) is 10.8 Å². The number of hydrogen-bond acceptors (Lipinski definition) is 2. The Labute approximate surface area is 115 Å². The zero-order valence-corrected chi connectivity index (χ0v) is 11.7. The fourth-order valence-corrected chi connectivity index (χ4v) is 3.43. The van der Waals surface area contributed by atoms with Crippen molar-refractivity contribution in [1.29, 1.82) is 0 Å². The highest BCUT2D eigenvalue weighted by atomic mass is 15.1. The molecule has 1 aliphatic rings. The topological polar surface area (TPSA) is 29.3 Å². The van der Waals surface area contributed by atoms with E-state index in [2.05, 4.69) is 61.5 Å². The standard InChI is InChI=1S/C17H22N2/c1-19(2)17(13-10-14(18)11-13)16-9-5-7-12-6-3-4-8-15(12)16/h3-9,13-14,17H,10-11,18H2,1-2H3. The number of hydrogen-bond donors (Lipinski definition) is 1. The first kappa shape index (κ1) is 12.6. The average molecular weight is 254 g/mol. The highest BCUT2D eigenvalue weighted by Gasteiger charge is 2.35. The molecule has 2 nitrogen and oxygen atoms in total. The smallest absolute Gasteiger partial charge is 0.0377 e. The molecular formula is C17H22N2. The number of nitrogens with zero attached hydrogens (tertiary/aromatic N) is 1. The van der Waals surface area contributed by atoms with Gasteiger partial charge in [-0.15, -0.1) is 0 Å². The lowest BCUT2D eigenvalue weighted by Gasteiger charge is -2.42. The fraction of sp³-hybridized carbons (Fsp3) is 0.412. The zero-order valence-electron chi connectivity index (χ0n) is 11.7. The van der Waals surface area contributed by atoms with Crippen molar-refractivity contribution in [3.63, 3.8) is 0 Å². The van der Waals surface area contributed by atoms with Crippen LogP contribution in [-0.4, -0.2) is 25.0 Å². The lowest BCUT2D eigenvalue weighted by molar-refractivity contribution is 0.124. The van der Waals surface area contributed by atoms with E-state index in [-0.39, 0.29) is 0 Å². The Hall–Kier alpha value is -1.38. The fourth-order valence-electron chi connectivity index (χ4n) is 3.43. The minimum Gasteiger partial charge on any atom is -0.328 e. The van der Waals surface area contributed by atoms with Gasteiger partial charge in [0.1, 0.15) is 0 Å². The van der Waals surface area contributed by atoms with Crippen LogP contribution in [-0.2, 0) is 0 Å². The quantitative estimate of drug-likeness (QED) is 0.911. The Morgan fingerprint density at radius 1 is 1.05 bits per heavy atom. The summed E-state index contributed by atoms with van der Waals surface area (Å²) in [5, 5.41) is 2.71. The van der Waals surface area contributed by atoms with Crippen molar-refractivity contribution >= 4 is 10.8 Å². The van der Waals surface area contributed by atoms with Crippen molar-refractivity contribution in [3.05, 3.63) is 48.0 Å². The molecule has 1 saturated carbocycles. The summed E-state index contributed by atoms with van der Waals surface area (Å²) in [6.07, 6.45) is 2.29. The lowest BCUT2D eigenvalue weighted by Crippen LogP contribution is -2.43. The molecule has 1 unspecified atom stereocenters. The van der Waals surface area contributed by atoms with E-state index < -0.39 is 0 Å². The summed E-state index contributed by atoms with van der Waals surface area (Å²) in [6.45, 7) is 0. The number of fused-ring (bicyclic) bond motifs is 1. The lowest BCUT2D eigenvalue weighted by atomic mass is 9.73. The molecule has 0 heterocycles. The van der Waals surface area contributed by atoms with Crippen LogP contribution in [0, 0.1) is 5.92 Å². The van der Waals surface area contributed by atoms with Gasteiger partial charge >= 0.3 is 0 Å². The van der Waals surface area contributed by atoms with Crippen molar-refractivity contribution in [2.45, 2.75) is 24.9 Å². The molecule has 1 atom stereocenters. The number of rotatable bonds is 3. The van der Waals surface area contributed by atoms with Gasteiger partial charge in [-0.3, -0.25) is 0 Å². The third-order valence-corrected chi connectivity index (χ3v) is 4.36. The summed E-state index contributed by atoms with van der Waals surface area (Å²) in [4.78, 5) is 2.35. The van der Waals surface area contributed by atoms with Crippen LogP contribution in [0.5, 0.6) is 0 Å². The predicted octanol–water partition coefficient (Wildman–Crippen LogP) is 3.18. The Morgan fingerprint density at radius 2 is 1.74 bits per heavy atom. The first-order valence-electron chi connectivity index (χ1n) is 7.06. The molecule has 1 fully saturated rings. The largest absolute Gasteiger partial charge is 0.328 e. The van der Waals surface area contributed by atoms with Crippen LogP contribution in [0.15, 0.2) is 42.5 Å². The molecule has 0 saturated heterocycles. The summed E-state index contributed by atoms with van der Waals surface area (Å²) in [6, 6.07) is 16.2. The normalized spacial score (nSPS) is 24.4. The second-order valence-electron chi connectivity index (χ2n) is 5.97. The summed E-state index contributed by atoms with van der Waals surface area (Å²) in [5.74, 6) is 0.691. The van der Waals surface area contributed by atoms with E-state index in [0.717, 1.165) is 12.8 Å². The van der Waals surface area contributed by atoms with Gasteiger partial charge in [-0.2, -0.15) is 0 Å². The van der Waals surface area contributed by atoms with E-state index in [1.165, 1.54) is 16.3 Å². The molecule has 100 valence electrons. The van der Waals surface area contributed by atoms with Crippen LogP contribution in [0.4, 0.5) is 0 Å². The van der Waals surface area contributed by atoms with E-state index in [0.29, 0.717) is 18.0 Å². The second-order valence-corrected chi connectivity index (χ2v) is 5.97. The minimum absolute atomic E-state index is 0.405. The van der Waals surface area contributed by atoms with E-state index in [1.807, 2.05) is 0 Å². The summed E-state index contributed by atoms with van der Waals surface area (Å²) < 4.78 is 0. The van der Waals surface area contributed by atoms with Crippen molar-refractivity contribution in [1.82, 2.24) is 4.90 Å². The maximum atomic E-state index is 5.98. The molecule has 2 aromatic rings. The van der Waals surface area contributed by atoms with Crippen molar-refractivity contribution in [2.75, 3.05) is 14.1 Å². The molecular weight excluding hydrogens is 232 g/mol. The summed E-state index contributed by atoms with van der Waals surface area (Å²) in [7, 11) is 4.35. The maximum Gasteiger partial charge on any atom is 0.0377 e. The van der Waals surface area contributed by atoms with Crippen LogP contribution in [0.1, 0.15) is 24.4 Å². The number of nitrogens with two attached hydrogens (primary N) is 1. The van der Waals surface area contributed by atoms with Gasteiger partial charge in [0, 0.05) is 12.1 Å². The maximum absolute atomic E-state index is 5.98. The first-order chi connectivity index (χ1) is 9.16. The third kappa shape index (κ3) is 2.26. The van der Waals surface area contributed by atoms with Gasteiger partial charge in [0.2, 0.25) is 0 Å². The molecule has 0 amide bonds. The SMILES string of the molecule is CN(C)C(c1cccc2ccccc12)C1CC(N)C1. The molecule has 19 heavy (non-hydrogen) atoms. The second kappa shape index (κ2) is 4.95. The molecule has 0 aliphatic heterocycles. The van der Waals surface area contributed by atoms with Gasteiger partial charge in [0.05, 0.1) is 0 Å². The molecule has 0 radical (unpaired) electrons. The minimum atomic E-state index is 0.405. The van der Waals surface area contributed by atoms with Crippen LogP contribution < -0.4 is 5.73 Å². The Kier molecular flexibility index (Phi) is 3.29. The third-order valence-electron chi connectivity index (χ3n) is 4.36. The van der Waals surface area contributed by atoms with Gasteiger partial charge in [-0.25, -0.2) is 0 Å². The molecule has 1 aliphatic carbocycles. The molecule has 0 bridgehead atoms. The van der Waals surface area contributed by atoms with Gasteiger partial charge in [-0.05, 0) is 49.2 Å². The predicted molar refractivity (Wildman–Crippen MR) is 81.1 cm³/mol. The zero-order chi connectivity index (χ0) is 13.4. The Bertz CT molecular complexity index is 565. The molecule has 2 aromatic carbocycles. The summed E-state index contributed by atoms with van der Waals surface area (Å²) in [5.41, 5.74) is 7.42. The van der Waals surface area contributed by atoms with Crippen molar-refractivity contribution in [3.8, 4) is 0 Å². The van der Waals surface area contributed by atoms with Crippen LogP contribution in [0.3, 0.4) is 0 Å². The summed E-state index contributed by atoms with van der Waals surface area (Å²) >= 11 is 0. The molecule has 0 spiro atoms. The van der Waals surface area contributed by atoms with E-state index in [9.17, 15) is 0 Å². The first-order valence-corrected chi connectivity index (χ1v) is 7.06. The monoisotopic (exact) mass is 254 g/mol.